The van der Waals surface area contributed by atoms with Gasteiger partial charge in [-0.2, -0.15) is 0 Å². The zero-order chi connectivity index (χ0) is 23.8. The highest BCUT2D eigenvalue weighted by atomic mass is 16.6. The van der Waals surface area contributed by atoms with Crippen molar-refractivity contribution in [3.63, 3.8) is 0 Å². The molecule has 0 fully saturated rings. The summed E-state index contributed by atoms with van der Waals surface area (Å²) >= 11 is 0. The molecule has 4 aromatic rings. The minimum atomic E-state index is -0.692. The van der Waals surface area contributed by atoms with Gasteiger partial charge in [-0.15, -0.1) is 0 Å². The number of nitrogens with one attached hydrogen (secondary N) is 3. The number of benzene rings is 2. The second-order valence-electron chi connectivity index (χ2n) is 7.42. The number of aromatic nitrogens is 3. The van der Waals surface area contributed by atoms with E-state index in [1.165, 1.54) is 0 Å². The number of ether oxygens (including phenoxy) is 2. The number of aliphatic hydroxyl groups excluding tert-OH is 1. The highest BCUT2D eigenvalue weighted by molar-refractivity contribution is 5.72. The van der Waals surface area contributed by atoms with Crippen LogP contribution in [0, 0.1) is 0 Å². The van der Waals surface area contributed by atoms with Gasteiger partial charge in [0.25, 0.3) is 0 Å². The fourth-order valence-electron chi connectivity index (χ4n) is 3.39. The first kappa shape index (κ1) is 23.0. The number of carbonyl (C=O) groups excluding carboxylic acids is 1. The minimum absolute atomic E-state index is 0.233. The van der Waals surface area contributed by atoms with Gasteiger partial charge in [-0.3, -0.25) is 0 Å². The number of aliphatic hydroxyl groups is 1. The first-order valence-electron chi connectivity index (χ1n) is 10.7. The first-order chi connectivity index (χ1) is 16.7. The SMILES string of the molecule is COCc1cnc(Nc2ccccc2)nc1-c1c[nH]c(OC(=O)NC(CO)c2ccccc2)c1. The normalized spacial score (nSPS) is 11.6. The van der Waals surface area contributed by atoms with E-state index in [0.717, 1.165) is 16.8 Å². The van der Waals surface area contributed by atoms with Gasteiger partial charge in [0.15, 0.2) is 0 Å². The van der Waals surface area contributed by atoms with Crippen LogP contribution in [0.25, 0.3) is 11.3 Å². The molecule has 9 heteroatoms. The number of rotatable bonds is 9. The van der Waals surface area contributed by atoms with Gasteiger partial charge >= 0.3 is 6.09 Å². The van der Waals surface area contributed by atoms with Crippen LogP contribution in [0.15, 0.2) is 79.1 Å². The van der Waals surface area contributed by atoms with E-state index < -0.39 is 12.1 Å². The molecule has 9 nitrogen and oxygen atoms in total. The number of H-pyrrole nitrogens is 1. The Morgan fingerprint density at radius 1 is 1.12 bits per heavy atom. The summed E-state index contributed by atoms with van der Waals surface area (Å²) in [7, 11) is 1.60. The fourth-order valence-corrected chi connectivity index (χ4v) is 3.39. The van der Waals surface area contributed by atoms with Crippen molar-refractivity contribution in [3.8, 4) is 17.1 Å². The number of methoxy groups -OCH3 is 1. The summed E-state index contributed by atoms with van der Waals surface area (Å²) in [5, 5.41) is 15.5. The minimum Gasteiger partial charge on any atom is -0.394 e. The summed E-state index contributed by atoms with van der Waals surface area (Å²) in [5.41, 5.74) is 3.76. The summed E-state index contributed by atoms with van der Waals surface area (Å²) in [6, 6.07) is 19.9. The van der Waals surface area contributed by atoms with Crippen LogP contribution in [-0.4, -0.2) is 39.9 Å². The third-order valence-electron chi connectivity index (χ3n) is 5.00. The summed E-state index contributed by atoms with van der Waals surface area (Å²) in [6.07, 6.45) is 2.70. The molecule has 0 radical (unpaired) electrons. The number of hydrogen-bond acceptors (Lipinski definition) is 7. The van der Waals surface area contributed by atoms with Crippen molar-refractivity contribution in [1.82, 2.24) is 20.3 Å². The highest BCUT2D eigenvalue weighted by Crippen LogP contribution is 2.27. The average molecular weight is 460 g/mol. The van der Waals surface area contributed by atoms with E-state index in [4.69, 9.17) is 9.47 Å². The largest absolute Gasteiger partial charge is 0.414 e. The van der Waals surface area contributed by atoms with Crippen molar-refractivity contribution in [3.05, 3.63) is 90.3 Å². The quantitative estimate of drug-likeness (QED) is 0.296. The number of carbonyl (C=O) groups is 1. The molecule has 2 aromatic heterocycles. The van der Waals surface area contributed by atoms with Crippen molar-refractivity contribution in [2.75, 3.05) is 19.0 Å². The third-order valence-corrected chi connectivity index (χ3v) is 5.00. The molecule has 0 bridgehead atoms. The zero-order valence-corrected chi connectivity index (χ0v) is 18.6. The van der Waals surface area contributed by atoms with E-state index in [1.54, 1.807) is 25.6 Å². The first-order valence-corrected chi connectivity index (χ1v) is 10.7. The van der Waals surface area contributed by atoms with Crippen LogP contribution in [0.5, 0.6) is 5.88 Å². The molecule has 1 atom stereocenters. The monoisotopic (exact) mass is 459 g/mol. The van der Waals surface area contributed by atoms with Gasteiger partial charge in [-0.05, 0) is 17.7 Å². The molecule has 0 spiro atoms. The maximum absolute atomic E-state index is 12.4. The van der Waals surface area contributed by atoms with Crippen LogP contribution in [0.3, 0.4) is 0 Å². The molecule has 0 aliphatic heterocycles. The van der Waals surface area contributed by atoms with Gasteiger partial charge in [-0.25, -0.2) is 14.8 Å². The summed E-state index contributed by atoms with van der Waals surface area (Å²) in [4.78, 5) is 24.4. The lowest BCUT2D eigenvalue weighted by molar-refractivity contribution is 0.182. The Bertz CT molecular complexity index is 1210. The third kappa shape index (κ3) is 5.77. The molecule has 0 saturated carbocycles. The lowest BCUT2D eigenvalue weighted by atomic mass is 10.1. The molecule has 0 saturated heterocycles. The molecule has 34 heavy (non-hydrogen) atoms. The number of hydrogen-bond donors (Lipinski definition) is 4. The predicted octanol–water partition coefficient (Wildman–Crippen LogP) is 4.18. The molecule has 2 aromatic carbocycles. The average Bonchev–Trinajstić information content (AvgIpc) is 3.33. The van der Waals surface area contributed by atoms with Gasteiger partial charge in [0.1, 0.15) is 0 Å². The molecule has 1 amide bonds. The molecule has 1 unspecified atom stereocenters. The number of anilines is 2. The summed E-state index contributed by atoms with van der Waals surface area (Å²) in [5.74, 6) is 0.660. The molecule has 4 rings (SSSR count). The number of amides is 1. The van der Waals surface area contributed by atoms with Crippen LogP contribution in [-0.2, 0) is 11.3 Å². The van der Waals surface area contributed by atoms with Crippen molar-refractivity contribution < 1.29 is 19.4 Å². The summed E-state index contributed by atoms with van der Waals surface area (Å²) < 4.78 is 10.7. The zero-order valence-electron chi connectivity index (χ0n) is 18.6. The van der Waals surface area contributed by atoms with Crippen molar-refractivity contribution >= 4 is 17.7 Å². The molecular formula is C25H25N5O4. The topological polar surface area (TPSA) is 121 Å². The lowest BCUT2D eigenvalue weighted by Gasteiger charge is -2.15. The number of aromatic amines is 1. The molecule has 174 valence electrons. The van der Waals surface area contributed by atoms with E-state index in [-0.39, 0.29) is 12.5 Å². The highest BCUT2D eigenvalue weighted by Gasteiger charge is 2.17. The van der Waals surface area contributed by atoms with Gasteiger partial charge in [0.2, 0.25) is 11.8 Å². The van der Waals surface area contributed by atoms with Crippen LogP contribution >= 0.6 is 0 Å². The second kappa shape index (κ2) is 11.1. The summed E-state index contributed by atoms with van der Waals surface area (Å²) in [6.45, 7) is 0.0612. The number of nitrogens with zero attached hydrogens (tertiary/aromatic N) is 2. The van der Waals surface area contributed by atoms with Crippen LogP contribution < -0.4 is 15.4 Å². The molecule has 0 aliphatic rings. The van der Waals surface area contributed by atoms with Crippen molar-refractivity contribution in [2.45, 2.75) is 12.6 Å². The smallest absolute Gasteiger partial charge is 0.394 e. The van der Waals surface area contributed by atoms with Crippen molar-refractivity contribution in [1.29, 1.82) is 0 Å². The Morgan fingerprint density at radius 2 is 1.85 bits per heavy atom. The maximum Gasteiger partial charge on any atom is 0.414 e. The predicted molar refractivity (Wildman–Crippen MR) is 128 cm³/mol. The van der Waals surface area contributed by atoms with Crippen LogP contribution in [0.4, 0.5) is 16.4 Å². The molecular weight excluding hydrogens is 434 g/mol. The van der Waals surface area contributed by atoms with Crippen LogP contribution in [0.1, 0.15) is 17.2 Å². The molecule has 0 aliphatic carbocycles. The standard InChI is InChI=1S/C25H25N5O4/c1-33-16-19-14-27-24(28-20-10-6-3-7-11-20)30-23(19)18-12-22(26-13-18)34-25(32)29-21(15-31)17-8-4-2-5-9-17/h2-14,21,26,31H,15-16H2,1H3,(H,29,32)(H,27,28,30). The van der Waals surface area contributed by atoms with Gasteiger partial charge in [-0.1, -0.05) is 48.5 Å². The Labute approximate surface area is 196 Å². The van der Waals surface area contributed by atoms with Gasteiger partial charge in [0, 0.05) is 42.4 Å². The lowest BCUT2D eigenvalue weighted by Crippen LogP contribution is -2.33. The Hall–Kier alpha value is -4.21. The molecule has 2 heterocycles. The van der Waals surface area contributed by atoms with Gasteiger partial charge in [0.05, 0.1) is 24.9 Å². The fraction of sp³-hybridized carbons (Fsp3) is 0.160. The Kier molecular flexibility index (Phi) is 7.49. The van der Waals surface area contributed by atoms with E-state index in [2.05, 4.69) is 25.6 Å². The van der Waals surface area contributed by atoms with E-state index in [1.807, 2.05) is 60.7 Å². The maximum atomic E-state index is 12.4. The van der Waals surface area contributed by atoms with E-state index in [0.29, 0.717) is 23.8 Å². The van der Waals surface area contributed by atoms with Crippen molar-refractivity contribution in [2.24, 2.45) is 0 Å². The second-order valence-corrected chi connectivity index (χ2v) is 7.42. The number of para-hydroxylation sites is 1. The van der Waals surface area contributed by atoms with E-state index >= 15 is 0 Å². The van der Waals surface area contributed by atoms with Gasteiger partial charge < -0.3 is 30.2 Å². The Morgan fingerprint density at radius 3 is 2.56 bits per heavy atom. The molecule has 4 N–H and O–H groups in total. The van der Waals surface area contributed by atoms with Crippen LogP contribution in [0.2, 0.25) is 0 Å². The Balaban J connectivity index is 1.50. The van der Waals surface area contributed by atoms with E-state index in [9.17, 15) is 9.90 Å².